The number of likely N-dealkylation sites (tertiary alicyclic amines) is 1. The first-order valence-corrected chi connectivity index (χ1v) is 26.0. The van der Waals surface area contributed by atoms with Gasteiger partial charge in [0.25, 0.3) is 11.7 Å². The smallest absolute Gasteiger partial charge is 0.312 e. The predicted molar refractivity (Wildman–Crippen MR) is 279 cm³/mol. The molecular weight excluding hydrogens is 947 g/mol. The van der Waals surface area contributed by atoms with Gasteiger partial charge in [0, 0.05) is 107 Å². The maximum Gasteiger partial charge on any atom is 0.312 e. The number of aromatic hydroxyl groups is 1. The molecule has 74 heavy (non-hydrogen) atoms. The number of nitrogens with one attached hydrogen (secondary N) is 3. The number of phenolic OH excluding ortho intramolecular Hbond substituents is 1. The summed E-state index contributed by atoms with van der Waals surface area (Å²) in [5.41, 5.74) is -0.0505. The van der Waals surface area contributed by atoms with Crippen LogP contribution in [0.15, 0.2) is 76.9 Å². The number of ether oxygens (including phenoxy) is 4. The van der Waals surface area contributed by atoms with Gasteiger partial charge in [0.15, 0.2) is 0 Å². The fourth-order valence-electron chi connectivity index (χ4n) is 10.9. The van der Waals surface area contributed by atoms with E-state index < -0.39 is 70.8 Å². The fraction of sp³-hybridized carbons (Fsp3) is 0.554. The number of carbonyl (C=O) groups is 5. The molecule has 18 heteroatoms. The first-order chi connectivity index (χ1) is 35.2. The van der Waals surface area contributed by atoms with Gasteiger partial charge in [-0.1, -0.05) is 65.8 Å². The van der Waals surface area contributed by atoms with E-state index in [0.717, 1.165) is 19.6 Å². The number of piperidine rings is 1. The van der Waals surface area contributed by atoms with Gasteiger partial charge in [-0.3, -0.25) is 29.0 Å². The third-order valence-corrected chi connectivity index (χ3v) is 15.1. The second-order valence-electron chi connectivity index (χ2n) is 21.2. The Labute approximate surface area is 434 Å². The number of rotatable bonds is 13. The van der Waals surface area contributed by atoms with Crippen LogP contribution in [0.3, 0.4) is 0 Å². The number of aliphatic imine (C=N–C) groups is 1. The number of carbonyl (C=O) groups excluding carboxylic acids is 5. The van der Waals surface area contributed by atoms with Crippen LogP contribution in [0.4, 0.5) is 5.82 Å². The summed E-state index contributed by atoms with van der Waals surface area (Å²) >= 11 is 0. The normalized spacial score (nSPS) is 28.8. The third kappa shape index (κ3) is 11.8. The van der Waals surface area contributed by atoms with Crippen molar-refractivity contribution in [2.75, 3.05) is 51.3 Å². The zero-order chi connectivity index (χ0) is 53.6. The largest absolute Gasteiger partial charge is 0.507 e. The Kier molecular flexibility index (Phi) is 17.5. The number of anilines is 1. The van der Waals surface area contributed by atoms with Crippen molar-refractivity contribution in [1.29, 1.82) is 0 Å². The van der Waals surface area contributed by atoms with Gasteiger partial charge in [-0.15, -0.1) is 0 Å². The molecule has 1 spiro atoms. The number of aliphatic hydroxyl groups is 1. The highest BCUT2D eigenvalue weighted by Gasteiger charge is 2.54. The molecule has 1 aromatic heterocycles. The van der Waals surface area contributed by atoms with Gasteiger partial charge in [-0.05, 0) is 62.7 Å². The molecule has 1 aromatic carbocycles. The van der Waals surface area contributed by atoms with E-state index in [4.69, 9.17) is 23.9 Å². The van der Waals surface area contributed by atoms with Gasteiger partial charge in [0.2, 0.25) is 12.2 Å². The van der Waals surface area contributed by atoms with Gasteiger partial charge in [-0.2, -0.15) is 0 Å². The minimum Gasteiger partial charge on any atom is -0.507 e. The number of hydrogen-bond donors (Lipinski definition) is 5. The number of ketones is 2. The van der Waals surface area contributed by atoms with Gasteiger partial charge < -0.3 is 54.9 Å². The molecule has 8 rings (SSSR count). The van der Waals surface area contributed by atoms with Crippen LogP contribution in [0.5, 0.6) is 11.5 Å². The molecule has 5 bridgehead atoms. The maximum atomic E-state index is 15.0. The first kappa shape index (κ1) is 55.4. The molecule has 4 unspecified atom stereocenters. The van der Waals surface area contributed by atoms with E-state index in [0.29, 0.717) is 69.0 Å². The third-order valence-electron chi connectivity index (χ3n) is 15.1. The number of amides is 2. The highest BCUT2D eigenvalue weighted by Crippen LogP contribution is 2.50. The number of esters is 1. The van der Waals surface area contributed by atoms with E-state index in [1.54, 1.807) is 38.3 Å². The maximum absolute atomic E-state index is 15.0. The van der Waals surface area contributed by atoms with Crippen LogP contribution in [-0.4, -0.2) is 132 Å². The van der Waals surface area contributed by atoms with Crippen molar-refractivity contribution in [3.05, 3.63) is 94.2 Å². The lowest BCUT2D eigenvalue weighted by Gasteiger charge is -2.38. The summed E-state index contributed by atoms with van der Waals surface area (Å²) in [6.07, 6.45) is 10.2. The average molecular weight is 1020 g/mol. The summed E-state index contributed by atoms with van der Waals surface area (Å²) in [6, 6.07) is 5.54. The van der Waals surface area contributed by atoms with Crippen LogP contribution >= 0.6 is 0 Å². The molecule has 400 valence electrons. The van der Waals surface area contributed by atoms with Crippen molar-refractivity contribution < 1.29 is 53.1 Å². The van der Waals surface area contributed by atoms with Gasteiger partial charge in [-0.25, -0.2) is 4.98 Å². The van der Waals surface area contributed by atoms with Crippen LogP contribution < -0.4 is 25.6 Å². The number of aromatic nitrogens is 1. The van der Waals surface area contributed by atoms with Crippen molar-refractivity contribution in [1.82, 2.24) is 25.8 Å². The number of methoxy groups -OCH3 is 1. The quantitative estimate of drug-likeness (QED) is 0.0874. The number of nitrogens with zero attached hydrogens (tertiary/aromatic N) is 4. The standard InChI is InChI=1S/C56H75N7O11/c1-32(2)30-62-25-20-56(21-26-62)60-45-42-43-49(67)38(8)52-44(42)53(69)55(9,74-52)72-28-19-39(71-10)36(6)51(73-41(65)18-14-24-63(27-23-57-31-64)40-17-11-12-22-58-40)37(7)48(66)35(5)29-33(3)15-13-16-34(4)54(70)59-47(50(43)68)46(45)61-56/h11-13,15-17,19,22,28,31-33,35-37,39,48,51,61,66-67H,14,18,20-21,23-27,29-30H2,1-10H3,(H,57,64)(H,59,70)/b15-13+,28-19+,34-16-/t33?,35-,36-,37-,39+,48?,51?,55?/m1/s1. The number of benzene rings is 1. The Morgan fingerprint density at radius 2 is 1.78 bits per heavy atom. The summed E-state index contributed by atoms with van der Waals surface area (Å²) in [6.45, 7) is 20.3. The zero-order valence-electron chi connectivity index (χ0n) is 44.5. The molecule has 1 aliphatic carbocycles. The molecule has 6 heterocycles. The van der Waals surface area contributed by atoms with E-state index >= 15 is 0 Å². The Morgan fingerprint density at radius 3 is 2.46 bits per heavy atom. The van der Waals surface area contributed by atoms with E-state index in [1.807, 2.05) is 56.9 Å². The number of fused-ring (bicyclic) bond motifs is 13. The molecule has 1 saturated heterocycles. The zero-order valence-corrected chi connectivity index (χ0v) is 44.5. The molecule has 0 radical (unpaired) electrons. The lowest BCUT2D eigenvalue weighted by Crippen LogP contribution is -2.50. The summed E-state index contributed by atoms with van der Waals surface area (Å²) in [5, 5.41) is 33.0. The fourth-order valence-corrected chi connectivity index (χ4v) is 10.9. The van der Waals surface area contributed by atoms with Crippen LogP contribution in [0.25, 0.3) is 0 Å². The van der Waals surface area contributed by atoms with Crippen molar-refractivity contribution in [3.63, 3.8) is 0 Å². The molecule has 0 saturated carbocycles. The SMILES string of the molecule is CO[C@H]1/C=C/OC2(C)Oc3c(C)c(O)c4c(c3C2=O)C2=NC3(CCN(CC(C)C)CC3)NC2=C(NC(=O)/C(C)=C\C=C\C(C)C[C@@H](C)C(O)[C@@H](C)C(OC(=O)CCCN(CCNC=O)c2ccccn2)[C@@H]1C)C4=O. The molecule has 5 N–H and O–H groups in total. The lowest BCUT2D eigenvalue weighted by atomic mass is 9.79. The monoisotopic (exact) mass is 1020 g/mol. The molecule has 5 aliphatic heterocycles. The minimum atomic E-state index is -1.99. The molecule has 6 aliphatic rings. The summed E-state index contributed by atoms with van der Waals surface area (Å²) in [5.74, 6) is -5.02. The van der Waals surface area contributed by atoms with E-state index in [9.17, 15) is 34.2 Å². The Hall–Kier alpha value is -6.37. The molecule has 2 amide bonds. The number of phenols is 1. The molecule has 18 nitrogen and oxygen atoms in total. The second-order valence-corrected chi connectivity index (χ2v) is 21.2. The van der Waals surface area contributed by atoms with Crippen molar-refractivity contribution in [2.24, 2.45) is 34.6 Å². The number of Topliss-reactive ketones (excluding diaryl/α,β-unsaturated/α-hetero) is 2. The van der Waals surface area contributed by atoms with Gasteiger partial charge in [0.1, 0.15) is 34.8 Å². The summed E-state index contributed by atoms with van der Waals surface area (Å²) in [4.78, 5) is 82.8. The predicted octanol–water partition coefficient (Wildman–Crippen LogP) is 6.05. The second kappa shape index (κ2) is 23.4. The summed E-state index contributed by atoms with van der Waals surface area (Å²) in [7, 11) is 1.50. The van der Waals surface area contributed by atoms with Gasteiger partial charge >= 0.3 is 11.8 Å². The number of aliphatic hydroxyl groups excluding tert-OH is 1. The van der Waals surface area contributed by atoms with Crippen molar-refractivity contribution in [2.45, 2.75) is 124 Å². The minimum absolute atomic E-state index is 0.0170. The van der Waals surface area contributed by atoms with Crippen LogP contribution in [0.2, 0.25) is 0 Å². The lowest BCUT2D eigenvalue weighted by molar-refractivity contribution is -0.162. The molecule has 1 fully saturated rings. The van der Waals surface area contributed by atoms with E-state index in [1.165, 1.54) is 20.3 Å². The number of allylic oxidation sites excluding steroid dienone is 5. The van der Waals surface area contributed by atoms with Crippen LogP contribution in [-0.2, 0) is 28.6 Å². The van der Waals surface area contributed by atoms with Gasteiger partial charge in [0.05, 0.1) is 41.0 Å². The van der Waals surface area contributed by atoms with E-state index in [-0.39, 0.29) is 63.4 Å². The number of hydrogen-bond acceptors (Lipinski definition) is 16. The Bertz CT molecular complexity index is 2600. The highest BCUT2D eigenvalue weighted by atomic mass is 16.7. The van der Waals surface area contributed by atoms with Crippen LogP contribution in [0, 0.1) is 36.5 Å². The van der Waals surface area contributed by atoms with Crippen molar-refractivity contribution >= 4 is 41.4 Å². The van der Waals surface area contributed by atoms with E-state index in [2.05, 4.69) is 39.7 Å². The average Bonchev–Trinajstić information content (AvgIpc) is 3.87. The molecule has 2 aromatic rings. The Balaban J connectivity index is 1.23. The Morgan fingerprint density at radius 1 is 1.04 bits per heavy atom. The van der Waals surface area contributed by atoms with Crippen LogP contribution in [0.1, 0.15) is 119 Å². The number of pyridine rings is 1. The molecular formula is C56H75N7O11. The first-order valence-electron chi connectivity index (χ1n) is 26.0. The molecule has 8 atom stereocenters. The topological polar surface area (TPSA) is 231 Å². The van der Waals surface area contributed by atoms with Crippen molar-refractivity contribution in [3.8, 4) is 11.5 Å². The summed E-state index contributed by atoms with van der Waals surface area (Å²) < 4.78 is 24.9. The highest BCUT2D eigenvalue weighted by molar-refractivity contribution is 6.34.